The molecule has 5 aromatic carbocycles. The van der Waals surface area contributed by atoms with E-state index in [1.54, 1.807) is 0 Å². The van der Waals surface area contributed by atoms with E-state index in [-0.39, 0.29) is 79.2 Å². The second kappa shape index (κ2) is 15.2. The van der Waals surface area contributed by atoms with Crippen molar-refractivity contribution in [1.29, 1.82) is 10.5 Å². The van der Waals surface area contributed by atoms with Gasteiger partial charge in [0.1, 0.15) is 11.4 Å². The third kappa shape index (κ3) is 6.37. The van der Waals surface area contributed by atoms with Gasteiger partial charge in [0.05, 0.1) is 55.6 Å². The molecule has 5 heterocycles. The number of fused-ring (bicyclic) bond motifs is 6. The van der Waals surface area contributed by atoms with Crippen molar-refractivity contribution >= 4 is 44.5 Å². The van der Waals surface area contributed by atoms with Gasteiger partial charge in [-0.25, -0.2) is 29.9 Å². The van der Waals surface area contributed by atoms with Crippen molar-refractivity contribution in [3.05, 3.63) is 168 Å². The molecule has 0 N–H and O–H groups in total. The van der Waals surface area contributed by atoms with Crippen LogP contribution in [-0.2, 0) is 0 Å². The summed E-state index contributed by atoms with van der Waals surface area (Å²) in [6.45, 7) is 16.4. The molecular formula is C48H22N14. The summed E-state index contributed by atoms with van der Waals surface area (Å²) in [5.41, 5.74) is 6.07. The summed E-state index contributed by atoms with van der Waals surface area (Å²) in [7, 11) is 0. The smallest absolute Gasteiger partial charge is 0.326 e. The van der Waals surface area contributed by atoms with Gasteiger partial charge >= 0.3 is 11.6 Å². The van der Waals surface area contributed by atoms with Crippen LogP contribution in [0.5, 0.6) is 0 Å². The molecular weight excluding hydrogens is 773 g/mol. The number of hydrogen-bond donors (Lipinski definition) is 0. The molecule has 0 saturated heterocycles. The van der Waals surface area contributed by atoms with Crippen LogP contribution in [0.2, 0.25) is 0 Å². The summed E-state index contributed by atoms with van der Waals surface area (Å²) in [6.07, 6.45) is 0. The first-order chi connectivity index (χ1) is 30.5. The third-order valence-electron chi connectivity index (χ3n) is 9.94. The van der Waals surface area contributed by atoms with E-state index in [2.05, 4.69) is 29.6 Å². The maximum atomic E-state index is 9.94. The lowest BCUT2D eigenvalue weighted by atomic mass is 10.0. The van der Waals surface area contributed by atoms with Crippen molar-refractivity contribution in [3.8, 4) is 80.2 Å². The normalized spacial score (nSPS) is 10.8. The Kier molecular flexibility index (Phi) is 8.97. The molecule has 10 rings (SSSR count). The molecule has 284 valence electrons. The van der Waals surface area contributed by atoms with Crippen LogP contribution in [-0.4, -0.2) is 49.8 Å². The van der Waals surface area contributed by atoms with Crippen molar-refractivity contribution in [2.75, 3.05) is 0 Å². The lowest BCUT2D eigenvalue weighted by molar-refractivity contribution is 1.11. The summed E-state index contributed by atoms with van der Waals surface area (Å²) < 4.78 is 0. The van der Waals surface area contributed by atoms with Gasteiger partial charge < -0.3 is 9.69 Å². The van der Waals surface area contributed by atoms with E-state index in [1.165, 1.54) is 0 Å². The summed E-state index contributed by atoms with van der Waals surface area (Å²) in [5, 5.41) is 20.1. The van der Waals surface area contributed by atoms with Crippen LogP contribution in [0, 0.1) is 35.8 Å². The van der Waals surface area contributed by atoms with Gasteiger partial charge in [0.2, 0.25) is 0 Å². The van der Waals surface area contributed by atoms with Crippen LogP contribution >= 0.6 is 0 Å². The highest BCUT2D eigenvalue weighted by molar-refractivity contribution is 6.26. The van der Waals surface area contributed by atoms with Crippen molar-refractivity contribution in [3.63, 3.8) is 0 Å². The van der Waals surface area contributed by atoms with Crippen LogP contribution in [0.1, 0.15) is 11.6 Å². The van der Waals surface area contributed by atoms with Gasteiger partial charge in [0.25, 0.3) is 11.6 Å². The number of hydrogen-bond acceptors (Lipinski definition) is 12. The Bertz CT molecular complexity index is 3260. The third-order valence-corrected chi connectivity index (χ3v) is 9.94. The number of nitrogens with zero attached hydrogens (tertiary/aromatic N) is 14. The monoisotopic (exact) mass is 794 g/mol. The number of aromatic nitrogens is 10. The average molecular weight is 795 g/mol. The number of rotatable bonds is 6. The highest BCUT2D eigenvalue weighted by Gasteiger charge is 2.28. The zero-order valence-corrected chi connectivity index (χ0v) is 32.0. The number of nitriles is 2. The van der Waals surface area contributed by atoms with Crippen molar-refractivity contribution in [2.24, 2.45) is 0 Å². The molecule has 62 heavy (non-hydrogen) atoms. The minimum absolute atomic E-state index is 0.0134. The van der Waals surface area contributed by atoms with E-state index in [1.807, 2.05) is 146 Å². The predicted octanol–water partition coefficient (Wildman–Crippen LogP) is 9.94. The Morgan fingerprint density at radius 1 is 0.371 bits per heavy atom. The van der Waals surface area contributed by atoms with Gasteiger partial charge in [0, 0.05) is 22.3 Å². The summed E-state index contributed by atoms with van der Waals surface area (Å²) in [6, 6.07) is 46.2. The highest BCUT2D eigenvalue weighted by atomic mass is 15.0. The standard InChI is InChI=1S/C48H22N14/c1-51-45-37-39(57-35(25-49)59-45)40-38(46(52-2)60-36(26-50)58-40)42-41(37)61-43(47-53-31(27-15-7-3-8-16-27)23-32(54-47)28-17-9-4-10-18-28)44(62-42)48-55-33(29-19-11-5-12-20-29)24-34(56-48)30-21-13-6-14-22-30/h3-24H. The molecule has 0 radical (unpaired) electrons. The molecule has 14 heteroatoms. The van der Waals surface area contributed by atoms with E-state index in [0.717, 1.165) is 22.3 Å². The molecule has 0 spiro atoms. The van der Waals surface area contributed by atoms with Gasteiger partial charge in [-0.3, -0.25) is 0 Å². The Morgan fingerprint density at radius 2 is 0.661 bits per heavy atom. The molecule has 0 aliphatic carbocycles. The predicted molar refractivity (Wildman–Crippen MR) is 231 cm³/mol. The van der Waals surface area contributed by atoms with Gasteiger partial charge in [-0.2, -0.15) is 20.5 Å². The molecule has 0 bridgehead atoms. The van der Waals surface area contributed by atoms with Crippen molar-refractivity contribution < 1.29 is 0 Å². The van der Waals surface area contributed by atoms with Crippen molar-refractivity contribution in [2.45, 2.75) is 0 Å². The Morgan fingerprint density at radius 3 is 0.935 bits per heavy atom. The maximum Gasteiger partial charge on any atom is 0.326 e. The second-order valence-electron chi connectivity index (χ2n) is 13.6. The quantitative estimate of drug-likeness (QED) is 0.115. The molecule has 0 saturated carbocycles. The molecule has 14 nitrogen and oxygen atoms in total. The first-order valence-electron chi connectivity index (χ1n) is 18.9. The fourth-order valence-electron chi connectivity index (χ4n) is 7.17. The van der Waals surface area contributed by atoms with Crippen LogP contribution < -0.4 is 0 Å². The lowest BCUT2D eigenvalue weighted by Crippen LogP contribution is -2.06. The molecule has 0 unspecified atom stereocenters. The fourth-order valence-corrected chi connectivity index (χ4v) is 7.17. The SMILES string of the molecule is [C-]#[N+]c1nc(C#N)nc2c3nc(C#N)nc([N+]#[C-])c3c3nc(-c4nc(-c5ccccc5)cc(-c5ccccc5)n4)c(-c4nc(-c5ccccc5)cc(-c5ccccc5)n4)nc3c12. The topological polar surface area (TPSA) is 185 Å². The minimum Gasteiger partial charge on any atom is -0.360 e. The van der Waals surface area contributed by atoms with E-state index in [4.69, 9.17) is 43.0 Å². The van der Waals surface area contributed by atoms with Gasteiger partial charge in [-0.15, -0.1) is 0 Å². The minimum atomic E-state index is -0.318. The molecule has 0 amide bonds. The molecule has 0 aliphatic rings. The first kappa shape index (κ1) is 36.6. The molecule has 0 aliphatic heterocycles. The Labute approximate surface area is 351 Å². The van der Waals surface area contributed by atoms with Crippen LogP contribution in [0.15, 0.2) is 133 Å². The average Bonchev–Trinajstić information content (AvgIpc) is 3.35. The summed E-state index contributed by atoms with van der Waals surface area (Å²) in [5.74, 6) is -0.768. The fraction of sp³-hybridized carbons (Fsp3) is 0. The highest BCUT2D eigenvalue weighted by Crippen LogP contribution is 2.42. The first-order valence-corrected chi connectivity index (χ1v) is 18.9. The molecule has 10 aromatic rings. The maximum absolute atomic E-state index is 9.94. The van der Waals surface area contributed by atoms with E-state index in [9.17, 15) is 10.5 Å². The lowest BCUT2D eigenvalue weighted by Gasteiger charge is -2.15. The Balaban J connectivity index is 1.41. The number of benzene rings is 5. The van der Waals surface area contributed by atoms with E-state index >= 15 is 0 Å². The van der Waals surface area contributed by atoms with E-state index < -0.39 is 0 Å². The van der Waals surface area contributed by atoms with Gasteiger partial charge in [0.15, 0.2) is 23.8 Å². The summed E-state index contributed by atoms with van der Waals surface area (Å²) >= 11 is 0. The van der Waals surface area contributed by atoms with Gasteiger partial charge in [-0.05, 0) is 12.1 Å². The molecule has 5 aromatic heterocycles. The van der Waals surface area contributed by atoms with Gasteiger partial charge in [-0.1, -0.05) is 144 Å². The van der Waals surface area contributed by atoms with Crippen LogP contribution in [0.4, 0.5) is 11.6 Å². The zero-order valence-electron chi connectivity index (χ0n) is 32.0. The Hall–Kier alpha value is -9.76. The van der Waals surface area contributed by atoms with Crippen LogP contribution in [0.25, 0.3) is 111 Å². The second-order valence-corrected chi connectivity index (χ2v) is 13.6. The summed E-state index contributed by atoms with van der Waals surface area (Å²) in [4.78, 5) is 55.8. The van der Waals surface area contributed by atoms with Crippen LogP contribution in [0.3, 0.4) is 0 Å². The molecule has 0 atom stereocenters. The zero-order chi connectivity index (χ0) is 42.2. The largest absolute Gasteiger partial charge is 0.360 e. The molecule has 0 fully saturated rings. The van der Waals surface area contributed by atoms with Crippen molar-refractivity contribution in [1.82, 2.24) is 49.8 Å². The van der Waals surface area contributed by atoms with E-state index in [0.29, 0.717) is 22.8 Å².